The maximum Gasteiger partial charge on any atom is 0.238 e. The van der Waals surface area contributed by atoms with Crippen LogP contribution >= 0.6 is 0 Å². The predicted octanol–water partition coefficient (Wildman–Crippen LogP) is 7.18. The molecule has 5 saturated heterocycles. The smallest absolute Gasteiger partial charge is 0.238 e. The average Bonchev–Trinajstić information content (AvgIpc) is 3.91. The SMILES string of the molecule is CC(C)Nc1nc(-c2ccc3c(c2)N([C@H]2C[C@@H](N4CCCCC4)C2)C(=O)C32CCN(C(=O)C3(C)CCN(C(=O)C4CCN(c5ccc(C6CCC(=O)NC6=O)cn5)CC4)CC3)CC2)cc2ncn(C(C)C)c12. The molecule has 3 aromatic heterocycles. The fraction of sp³-hybridized carbons (Fsp3) is 0.607. The Bertz CT molecular complexity index is 2730. The zero-order chi connectivity index (χ0) is 50.1. The van der Waals surface area contributed by atoms with Crippen molar-refractivity contribution in [3.05, 3.63) is 60.0 Å². The number of rotatable bonds is 10. The summed E-state index contributed by atoms with van der Waals surface area (Å²) in [5.74, 6) is 1.20. The van der Waals surface area contributed by atoms with E-state index in [1.807, 2.05) is 28.3 Å². The van der Waals surface area contributed by atoms with Crippen molar-refractivity contribution in [3.63, 3.8) is 0 Å². The Morgan fingerprint density at radius 1 is 0.792 bits per heavy atom. The summed E-state index contributed by atoms with van der Waals surface area (Å²) in [7, 11) is 0. The monoisotopic (exact) mass is 980 g/mol. The number of carbonyl (C=O) groups excluding carboxylic acids is 5. The summed E-state index contributed by atoms with van der Waals surface area (Å²) in [5.41, 5.74) is 5.29. The number of aromatic nitrogens is 4. The van der Waals surface area contributed by atoms with E-state index in [0.717, 1.165) is 89.5 Å². The second kappa shape index (κ2) is 19.2. The van der Waals surface area contributed by atoms with Gasteiger partial charge >= 0.3 is 0 Å². The summed E-state index contributed by atoms with van der Waals surface area (Å²) in [5, 5.41) is 6.02. The van der Waals surface area contributed by atoms with Gasteiger partial charge < -0.3 is 34.4 Å². The number of imidazole rings is 1. The third kappa shape index (κ3) is 8.72. The van der Waals surface area contributed by atoms with Crippen molar-refractivity contribution in [1.29, 1.82) is 0 Å². The first-order valence-electron chi connectivity index (χ1n) is 27.2. The molecule has 0 bridgehead atoms. The van der Waals surface area contributed by atoms with E-state index in [4.69, 9.17) is 9.97 Å². The van der Waals surface area contributed by atoms with E-state index in [1.165, 1.54) is 19.3 Å². The van der Waals surface area contributed by atoms with Gasteiger partial charge in [0.15, 0.2) is 5.82 Å². The third-order valence-electron chi connectivity index (χ3n) is 17.8. The Balaban J connectivity index is 0.748. The molecule has 6 fully saturated rings. The minimum absolute atomic E-state index is 0.0748. The summed E-state index contributed by atoms with van der Waals surface area (Å²) >= 11 is 0. The van der Waals surface area contributed by atoms with Gasteiger partial charge in [-0.2, -0.15) is 0 Å². The molecule has 0 radical (unpaired) electrons. The van der Waals surface area contributed by atoms with Crippen LogP contribution in [0.15, 0.2) is 48.9 Å². The molecule has 1 aromatic carbocycles. The van der Waals surface area contributed by atoms with Crippen LogP contribution in [0.25, 0.3) is 22.3 Å². The molecule has 5 amide bonds. The normalized spacial score (nSPS) is 24.8. The molecule has 11 rings (SSSR count). The fourth-order valence-corrected chi connectivity index (χ4v) is 13.2. The van der Waals surface area contributed by atoms with Gasteiger partial charge in [-0.05, 0) is 141 Å². The second-order valence-corrected chi connectivity index (χ2v) is 23.0. The molecule has 7 aliphatic rings. The van der Waals surface area contributed by atoms with E-state index in [-0.39, 0.29) is 59.5 Å². The van der Waals surface area contributed by atoms with E-state index in [2.05, 4.69) is 93.8 Å². The Hall–Kier alpha value is -5.90. The molecule has 16 nitrogen and oxygen atoms in total. The lowest BCUT2D eigenvalue weighted by molar-refractivity contribution is -0.150. The average molecular weight is 980 g/mol. The number of pyridine rings is 2. The number of hydrogen-bond donors (Lipinski definition) is 2. The van der Waals surface area contributed by atoms with Gasteiger partial charge in [-0.25, -0.2) is 15.0 Å². The van der Waals surface area contributed by atoms with Gasteiger partial charge in [0.2, 0.25) is 29.5 Å². The molecule has 9 heterocycles. The van der Waals surface area contributed by atoms with Crippen LogP contribution in [0.2, 0.25) is 0 Å². The quantitative estimate of drug-likeness (QED) is 0.155. The highest BCUT2D eigenvalue weighted by Crippen LogP contribution is 2.53. The van der Waals surface area contributed by atoms with Crippen molar-refractivity contribution in [1.82, 2.24) is 39.5 Å². The summed E-state index contributed by atoms with van der Waals surface area (Å²) in [4.78, 5) is 93.5. The number of likely N-dealkylation sites (tertiary alicyclic amines) is 3. The maximum absolute atomic E-state index is 15.3. The molecule has 1 unspecified atom stereocenters. The van der Waals surface area contributed by atoms with Crippen LogP contribution in [-0.4, -0.2) is 134 Å². The Morgan fingerprint density at radius 2 is 1.51 bits per heavy atom. The summed E-state index contributed by atoms with van der Waals surface area (Å²) in [6, 6.07) is 13.5. The topological polar surface area (TPSA) is 169 Å². The van der Waals surface area contributed by atoms with Gasteiger partial charge in [-0.3, -0.25) is 29.3 Å². The lowest BCUT2D eigenvalue weighted by atomic mass is 9.72. The standard InChI is InChI=1S/C56H73N11O5/c1-35(2)59-50-49-45(58-34-66(49)36(3)4)32-44(60-50)38-9-12-43-46(29-38)67(41-30-40(31-41)62-21-7-6-8-22-62)54(72)56(43)19-27-65(28-20-56)53(71)55(5)17-25-64(26-18-55)52(70)37-15-23-63(24-16-37)47-13-10-39(33-57-47)42-11-14-48(68)61-51(42)69/h9-10,12-13,29,32-37,40-42H,6-8,11,14-28,30-31H2,1-5H3,(H,59,60)(H,61,68,69)/t40-,41+,42?. The third-order valence-corrected chi connectivity index (χ3v) is 17.8. The van der Waals surface area contributed by atoms with Crippen LogP contribution in [0, 0.1) is 11.3 Å². The first-order chi connectivity index (χ1) is 34.7. The fourth-order valence-electron chi connectivity index (χ4n) is 13.2. The van der Waals surface area contributed by atoms with Crippen LogP contribution in [0.5, 0.6) is 0 Å². The molecular formula is C56H73N11O5. The summed E-state index contributed by atoms with van der Waals surface area (Å²) in [6.45, 7) is 16.5. The van der Waals surface area contributed by atoms with Crippen molar-refractivity contribution in [3.8, 4) is 11.3 Å². The number of amides is 5. The number of benzene rings is 1. The molecule has 382 valence electrons. The first kappa shape index (κ1) is 48.4. The number of piperidine rings is 5. The largest absolute Gasteiger partial charge is 0.366 e. The number of hydrogen-bond acceptors (Lipinski definition) is 11. The zero-order valence-corrected chi connectivity index (χ0v) is 43.0. The minimum Gasteiger partial charge on any atom is -0.366 e. The number of nitrogens with one attached hydrogen (secondary N) is 2. The van der Waals surface area contributed by atoms with Crippen LogP contribution in [0.1, 0.15) is 141 Å². The van der Waals surface area contributed by atoms with Crippen LogP contribution in [0.4, 0.5) is 17.3 Å². The molecule has 16 heteroatoms. The first-order valence-corrected chi connectivity index (χ1v) is 27.2. The van der Waals surface area contributed by atoms with Crippen molar-refractivity contribution in [2.24, 2.45) is 11.3 Å². The predicted molar refractivity (Wildman–Crippen MR) is 278 cm³/mol. The molecule has 4 aromatic rings. The molecule has 1 saturated carbocycles. The number of imide groups is 1. The Morgan fingerprint density at radius 3 is 2.18 bits per heavy atom. The van der Waals surface area contributed by atoms with E-state index in [0.29, 0.717) is 83.8 Å². The van der Waals surface area contributed by atoms with Gasteiger partial charge in [-0.1, -0.05) is 31.5 Å². The molecule has 1 atom stereocenters. The molecule has 1 spiro atoms. The molecule has 1 aliphatic carbocycles. The Kier molecular flexibility index (Phi) is 12.9. The highest BCUT2D eigenvalue weighted by atomic mass is 16.2. The van der Waals surface area contributed by atoms with E-state index >= 15 is 4.79 Å². The lowest BCUT2D eigenvalue weighted by Crippen LogP contribution is -2.59. The summed E-state index contributed by atoms with van der Waals surface area (Å²) < 4.78 is 2.17. The number of nitrogens with zero attached hydrogens (tertiary/aromatic N) is 9. The van der Waals surface area contributed by atoms with Crippen LogP contribution in [-0.2, 0) is 29.4 Å². The van der Waals surface area contributed by atoms with Gasteiger partial charge in [0.25, 0.3) is 0 Å². The Labute approximate surface area is 423 Å². The number of anilines is 3. The number of fused-ring (bicyclic) bond motifs is 3. The zero-order valence-electron chi connectivity index (χ0n) is 43.0. The van der Waals surface area contributed by atoms with E-state index < -0.39 is 10.8 Å². The van der Waals surface area contributed by atoms with Gasteiger partial charge in [0, 0.05) is 98.6 Å². The molecule has 72 heavy (non-hydrogen) atoms. The minimum atomic E-state index is -0.694. The van der Waals surface area contributed by atoms with E-state index in [9.17, 15) is 19.2 Å². The van der Waals surface area contributed by atoms with Crippen molar-refractivity contribution in [2.45, 2.75) is 154 Å². The molecule has 6 aliphatic heterocycles. The van der Waals surface area contributed by atoms with Crippen molar-refractivity contribution < 1.29 is 24.0 Å². The van der Waals surface area contributed by atoms with Crippen LogP contribution in [0.3, 0.4) is 0 Å². The van der Waals surface area contributed by atoms with Crippen LogP contribution < -0.4 is 20.4 Å². The maximum atomic E-state index is 15.3. The lowest BCUT2D eigenvalue weighted by Gasteiger charge is -2.48. The van der Waals surface area contributed by atoms with Gasteiger partial charge in [0.05, 0.1) is 28.9 Å². The van der Waals surface area contributed by atoms with Crippen molar-refractivity contribution >= 4 is 57.9 Å². The van der Waals surface area contributed by atoms with E-state index in [1.54, 1.807) is 6.20 Å². The van der Waals surface area contributed by atoms with Crippen molar-refractivity contribution in [2.75, 3.05) is 67.5 Å². The summed E-state index contributed by atoms with van der Waals surface area (Å²) in [6.07, 6.45) is 14.1. The molecular weight excluding hydrogens is 907 g/mol. The highest BCUT2D eigenvalue weighted by Gasteiger charge is 2.56. The molecule has 2 N–H and O–H groups in total. The highest BCUT2D eigenvalue weighted by molar-refractivity contribution is 6.09. The second-order valence-electron chi connectivity index (χ2n) is 23.0. The van der Waals surface area contributed by atoms with Gasteiger partial charge in [-0.15, -0.1) is 0 Å². The number of carbonyl (C=O) groups is 5. The van der Waals surface area contributed by atoms with Gasteiger partial charge in [0.1, 0.15) is 11.3 Å².